The summed E-state index contributed by atoms with van der Waals surface area (Å²) in [7, 11) is -2.14. The minimum Gasteiger partial charge on any atom is -0.392 e. The molecule has 20 heavy (non-hydrogen) atoms. The molecule has 2 unspecified atom stereocenters. The van der Waals surface area contributed by atoms with Crippen LogP contribution in [0.15, 0.2) is 23.1 Å². The van der Waals surface area contributed by atoms with Crippen molar-refractivity contribution in [1.82, 2.24) is 4.72 Å². The number of hydrogen-bond donors (Lipinski definition) is 2. The zero-order valence-corrected chi connectivity index (χ0v) is 12.7. The van der Waals surface area contributed by atoms with Gasteiger partial charge in [-0.2, -0.15) is 0 Å². The molecule has 1 aliphatic rings. The second-order valence-electron chi connectivity index (χ2n) is 4.86. The van der Waals surface area contributed by atoms with Gasteiger partial charge in [-0.1, -0.05) is 17.7 Å². The van der Waals surface area contributed by atoms with Gasteiger partial charge in [-0.3, -0.25) is 0 Å². The fourth-order valence-corrected chi connectivity index (χ4v) is 4.31. The number of sulfonamides is 1. The minimum absolute atomic E-state index is 0.00697. The number of halogens is 1. The number of methoxy groups -OCH3 is 1. The van der Waals surface area contributed by atoms with Crippen LogP contribution in [0.3, 0.4) is 0 Å². The van der Waals surface area contributed by atoms with Crippen LogP contribution in [0.25, 0.3) is 0 Å². The van der Waals surface area contributed by atoms with Crippen LogP contribution in [-0.2, 0) is 21.4 Å². The maximum Gasteiger partial charge on any atom is 0.242 e. The number of ether oxygens (including phenoxy) is 1. The monoisotopic (exact) mass is 319 g/mol. The highest BCUT2D eigenvalue weighted by Gasteiger charge is 2.32. The Bertz CT molecular complexity index is 576. The van der Waals surface area contributed by atoms with Crippen molar-refractivity contribution in [2.24, 2.45) is 0 Å². The van der Waals surface area contributed by atoms with Crippen molar-refractivity contribution < 1.29 is 18.3 Å². The lowest BCUT2D eigenvalue weighted by molar-refractivity contribution is 0.0916. The van der Waals surface area contributed by atoms with Crippen molar-refractivity contribution in [3.8, 4) is 0 Å². The summed E-state index contributed by atoms with van der Waals surface area (Å²) < 4.78 is 32.7. The highest BCUT2D eigenvalue weighted by Crippen LogP contribution is 2.26. The van der Waals surface area contributed by atoms with E-state index in [1.807, 2.05) is 0 Å². The molecule has 1 fully saturated rings. The number of aliphatic hydroxyl groups is 1. The summed E-state index contributed by atoms with van der Waals surface area (Å²) in [4.78, 5) is -0.00697. The normalized spacial score (nSPS) is 23.1. The zero-order chi connectivity index (χ0) is 14.8. The van der Waals surface area contributed by atoms with Crippen LogP contribution in [0.2, 0.25) is 5.02 Å². The number of aliphatic hydroxyl groups excluding tert-OH is 1. The van der Waals surface area contributed by atoms with Gasteiger partial charge in [0.25, 0.3) is 0 Å². The van der Waals surface area contributed by atoms with E-state index < -0.39 is 10.0 Å². The van der Waals surface area contributed by atoms with E-state index in [9.17, 15) is 8.42 Å². The highest BCUT2D eigenvalue weighted by molar-refractivity contribution is 7.89. The molecule has 0 amide bonds. The first-order chi connectivity index (χ1) is 9.47. The second-order valence-corrected chi connectivity index (χ2v) is 6.95. The Morgan fingerprint density at radius 2 is 2.20 bits per heavy atom. The highest BCUT2D eigenvalue weighted by atomic mass is 35.5. The molecule has 0 saturated heterocycles. The third-order valence-electron chi connectivity index (χ3n) is 3.53. The van der Waals surface area contributed by atoms with Crippen LogP contribution in [0.1, 0.15) is 24.8 Å². The van der Waals surface area contributed by atoms with Gasteiger partial charge in [0.2, 0.25) is 10.0 Å². The summed E-state index contributed by atoms with van der Waals surface area (Å²) in [6.45, 7) is -0.232. The van der Waals surface area contributed by atoms with Crippen LogP contribution < -0.4 is 4.72 Å². The van der Waals surface area contributed by atoms with Gasteiger partial charge in [-0.05, 0) is 37.0 Å². The lowest BCUT2D eigenvalue weighted by Crippen LogP contribution is -2.40. The summed E-state index contributed by atoms with van der Waals surface area (Å²) in [5.41, 5.74) is 0.504. The topological polar surface area (TPSA) is 75.6 Å². The van der Waals surface area contributed by atoms with Crippen LogP contribution in [0.5, 0.6) is 0 Å². The Hall–Kier alpha value is -0.660. The van der Waals surface area contributed by atoms with E-state index in [0.717, 1.165) is 19.3 Å². The summed E-state index contributed by atoms with van der Waals surface area (Å²) in [6.07, 6.45) is 2.41. The average Bonchev–Trinajstić information content (AvgIpc) is 2.85. The third kappa shape index (κ3) is 3.32. The molecule has 0 bridgehead atoms. The van der Waals surface area contributed by atoms with E-state index in [1.54, 1.807) is 13.2 Å². The van der Waals surface area contributed by atoms with Crippen LogP contribution in [0, 0.1) is 0 Å². The fraction of sp³-hybridized carbons (Fsp3) is 0.538. The lowest BCUT2D eigenvalue weighted by atomic mass is 10.2. The molecule has 0 spiro atoms. The molecule has 1 aromatic carbocycles. The van der Waals surface area contributed by atoms with Crippen molar-refractivity contribution in [2.45, 2.75) is 42.9 Å². The van der Waals surface area contributed by atoms with Gasteiger partial charge in [-0.15, -0.1) is 0 Å². The Balaban J connectivity index is 2.26. The van der Waals surface area contributed by atoms with E-state index in [1.165, 1.54) is 12.1 Å². The van der Waals surface area contributed by atoms with E-state index in [-0.39, 0.29) is 28.7 Å². The van der Waals surface area contributed by atoms with Crippen LogP contribution in [-0.4, -0.2) is 32.8 Å². The van der Waals surface area contributed by atoms with E-state index in [0.29, 0.717) is 5.56 Å². The van der Waals surface area contributed by atoms with Gasteiger partial charge >= 0.3 is 0 Å². The molecule has 5 nitrogen and oxygen atoms in total. The first kappa shape index (κ1) is 15.7. The standard InChI is InChI=1S/C13H18ClNO4S/c1-19-12-4-2-3-11(12)15-20(17,18)13-7-9(8-16)5-6-10(13)14/h5-7,11-12,15-16H,2-4,8H2,1H3. The Morgan fingerprint density at radius 1 is 1.45 bits per heavy atom. The summed E-state index contributed by atoms with van der Waals surface area (Å²) >= 11 is 5.96. The lowest BCUT2D eigenvalue weighted by Gasteiger charge is -2.20. The SMILES string of the molecule is COC1CCCC1NS(=O)(=O)c1cc(CO)ccc1Cl. The van der Waals surface area contributed by atoms with Crippen molar-refractivity contribution in [3.63, 3.8) is 0 Å². The quantitative estimate of drug-likeness (QED) is 0.866. The molecule has 7 heteroatoms. The van der Waals surface area contributed by atoms with Crippen molar-refractivity contribution >= 4 is 21.6 Å². The molecule has 2 atom stereocenters. The molecule has 0 radical (unpaired) electrons. The smallest absolute Gasteiger partial charge is 0.242 e. The second kappa shape index (κ2) is 6.41. The number of hydrogen-bond acceptors (Lipinski definition) is 4. The van der Waals surface area contributed by atoms with E-state index in [4.69, 9.17) is 21.4 Å². The third-order valence-corrected chi connectivity index (χ3v) is 5.50. The maximum absolute atomic E-state index is 12.4. The summed E-state index contributed by atoms with van der Waals surface area (Å²) in [6, 6.07) is 4.22. The molecular formula is C13H18ClNO4S. The molecule has 1 saturated carbocycles. The number of benzene rings is 1. The predicted molar refractivity (Wildman–Crippen MR) is 76.1 cm³/mol. The van der Waals surface area contributed by atoms with E-state index in [2.05, 4.69) is 4.72 Å². The van der Waals surface area contributed by atoms with Gasteiger partial charge in [0.15, 0.2) is 0 Å². The molecule has 2 N–H and O–H groups in total. The molecule has 0 aromatic heterocycles. The van der Waals surface area contributed by atoms with Crippen LogP contribution in [0.4, 0.5) is 0 Å². The summed E-state index contributed by atoms with van der Waals surface area (Å²) in [5.74, 6) is 0. The molecule has 0 aliphatic heterocycles. The molecule has 1 aliphatic carbocycles. The molecule has 2 rings (SSSR count). The van der Waals surface area contributed by atoms with Crippen molar-refractivity contribution in [2.75, 3.05) is 7.11 Å². The Labute approximate surface area is 124 Å². The number of rotatable bonds is 5. The van der Waals surface area contributed by atoms with Gasteiger partial charge in [0.05, 0.1) is 17.7 Å². The predicted octanol–water partition coefficient (Wildman–Crippen LogP) is 1.68. The molecular weight excluding hydrogens is 302 g/mol. The Kier molecular flexibility index (Phi) is 5.04. The van der Waals surface area contributed by atoms with E-state index >= 15 is 0 Å². The first-order valence-corrected chi connectivity index (χ1v) is 8.28. The van der Waals surface area contributed by atoms with Gasteiger partial charge < -0.3 is 9.84 Å². The fourth-order valence-electron chi connectivity index (χ4n) is 2.46. The first-order valence-electron chi connectivity index (χ1n) is 6.42. The van der Waals surface area contributed by atoms with Crippen molar-refractivity contribution in [1.29, 1.82) is 0 Å². The molecule has 1 aromatic rings. The Morgan fingerprint density at radius 3 is 2.85 bits per heavy atom. The average molecular weight is 320 g/mol. The molecule has 112 valence electrons. The minimum atomic E-state index is -3.72. The zero-order valence-electron chi connectivity index (χ0n) is 11.2. The molecule has 0 heterocycles. The number of nitrogens with one attached hydrogen (secondary N) is 1. The maximum atomic E-state index is 12.4. The van der Waals surface area contributed by atoms with Crippen LogP contribution >= 0.6 is 11.6 Å². The summed E-state index contributed by atoms with van der Waals surface area (Å²) in [5, 5.41) is 9.25. The van der Waals surface area contributed by atoms with Crippen molar-refractivity contribution in [3.05, 3.63) is 28.8 Å². The van der Waals surface area contributed by atoms with Gasteiger partial charge in [-0.25, -0.2) is 13.1 Å². The largest absolute Gasteiger partial charge is 0.392 e. The van der Waals surface area contributed by atoms with Gasteiger partial charge in [0, 0.05) is 13.2 Å². The van der Waals surface area contributed by atoms with Gasteiger partial charge in [0.1, 0.15) is 4.90 Å².